The molecular weight excluding hydrogens is 667 g/mol. The summed E-state index contributed by atoms with van der Waals surface area (Å²) in [5.41, 5.74) is 3.92. The molecule has 4 rings (SSSR count). The number of halogens is 7. The van der Waals surface area contributed by atoms with E-state index in [-0.39, 0.29) is 10.9 Å². The topological polar surface area (TPSA) is 60.4 Å². The fraction of sp³-hybridized carbons (Fsp3) is 0.333. The summed E-state index contributed by atoms with van der Waals surface area (Å²) >= 11 is 35.3. The van der Waals surface area contributed by atoms with E-state index in [0.717, 1.165) is 0 Å². The third kappa shape index (κ3) is 11.2. The van der Waals surface area contributed by atoms with Crippen LogP contribution in [0.4, 0.5) is 4.20 Å². The van der Waals surface area contributed by atoms with Crippen molar-refractivity contribution >= 4 is 88.4 Å². The number of hydrogen-bond acceptors (Lipinski definition) is 2. The fourth-order valence-corrected chi connectivity index (χ4v) is 7.85. The summed E-state index contributed by atoms with van der Waals surface area (Å²) in [6, 6.07) is 26.8. The Bertz CT molecular complexity index is 1040. The third-order valence-electron chi connectivity index (χ3n) is 5.60. The minimum Gasteiger partial charge on any atom is -0.753 e. The Morgan fingerprint density at radius 1 is 0.590 bits per heavy atom. The average molecular weight is 695 g/mol. The van der Waals surface area contributed by atoms with Gasteiger partial charge in [0, 0.05) is 0 Å². The normalized spacial score (nSPS) is 26.0. The SMILES string of the molecule is Cc1ccc([S+](c2ccc(C)cc2)c2ccc(C)cc2)cc1.ClC1C(Cl)C(Cl)C(Cl)C(Cl)C1Cl.O=P([O-])(O)F. The lowest BCUT2D eigenvalue weighted by atomic mass is 9.97. The summed E-state index contributed by atoms with van der Waals surface area (Å²) < 4.78 is 18.8. The summed E-state index contributed by atoms with van der Waals surface area (Å²) in [4.78, 5) is 19.5. The minimum atomic E-state index is -5.39. The van der Waals surface area contributed by atoms with Crippen LogP contribution in [-0.4, -0.2) is 37.2 Å². The maximum Gasteiger partial charge on any atom is 0.305 e. The lowest BCUT2D eigenvalue weighted by molar-refractivity contribution is -0.206. The van der Waals surface area contributed by atoms with Gasteiger partial charge in [-0.25, -0.2) is 0 Å². The minimum absolute atomic E-state index is 0.0394. The second kappa shape index (κ2) is 15.9. The molecule has 1 saturated carbocycles. The molecule has 0 spiro atoms. The largest absolute Gasteiger partial charge is 0.753 e. The quantitative estimate of drug-likeness (QED) is 0.169. The van der Waals surface area contributed by atoms with Crippen molar-refractivity contribution in [2.75, 3.05) is 0 Å². The van der Waals surface area contributed by atoms with Crippen molar-refractivity contribution in [3.05, 3.63) is 89.5 Å². The first-order valence-electron chi connectivity index (χ1n) is 11.6. The van der Waals surface area contributed by atoms with Gasteiger partial charge in [-0.3, -0.25) is 4.57 Å². The van der Waals surface area contributed by atoms with Crippen LogP contribution in [0.25, 0.3) is 0 Å². The summed E-state index contributed by atoms with van der Waals surface area (Å²) in [5, 5.41) is -2.62. The van der Waals surface area contributed by atoms with Gasteiger partial charge < -0.3 is 9.79 Å². The van der Waals surface area contributed by atoms with Gasteiger partial charge >= 0.3 is 7.91 Å². The molecule has 1 aliphatic carbocycles. The number of hydrogen-bond donors (Lipinski definition) is 1. The first-order valence-corrected chi connectivity index (χ1v) is 16.9. The predicted octanol–water partition coefficient (Wildman–Crippen LogP) is 8.77. The molecule has 1 aliphatic rings. The van der Waals surface area contributed by atoms with Crippen LogP contribution in [0.1, 0.15) is 16.7 Å². The molecule has 3 nitrogen and oxygen atoms in total. The van der Waals surface area contributed by atoms with E-state index in [0.29, 0.717) is 0 Å². The molecule has 39 heavy (non-hydrogen) atoms. The molecule has 1 fully saturated rings. The van der Waals surface area contributed by atoms with Gasteiger partial charge in [-0.15, -0.1) is 69.6 Å². The van der Waals surface area contributed by atoms with Crippen LogP contribution in [0.2, 0.25) is 0 Å². The lowest BCUT2D eigenvalue weighted by Crippen LogP contribution is -2.52. The van der Waals surface area contributed by atoms with Crippen molar-refractivity contribution in [1.82, 2.24) is 0 Å². The Hall–Kier alpha value is -0.170. The first-order chi connectivity index (χ1) is 18.1. The smallest absolute Gasteiger partial charge is 0.305 e. The maximum absolute atomic E-state index is 10.2. The van der Waals surface area contributed by atoms with E-state index in [2.05, 4.69) is 93.6 Å². The van der Waals surface area contributed by atoms with Crippen LogP contribution in [-0.2, 0) is 15.5 Å². The molecule has 1 unspecified atom stereocenters. The van der Waals surface area contributed by atoms with E-state index in [1.807, 2.05) is 0 Å². The molecule has 1 atom stereocenters. The molecular formula is C27H28Cl6FO3PS. The summed E-state index contributed by atoms with van der Waals surface area (Å²) in [7, 11) is -5.43. The van der Waals surface area contributed by atoms with Crippen molar-refractivity contribution in [3.63, 3.8) is 0 Å². The van der Waals surface area contributed by atoms with Gasteiger partial charge in [-0.05, 0) is 57.2 Å². The Morgan fingerprint density at radius 2 is 0.744 bits per heavy atom. The molecule has 0 amide bonds. The van der Waals surface area contributed by atoms with E-state index in [1.54, 1.807) is 0 Å². The van der Waals surface area contributed by atoms with Crippen LogP contribution >= 0.6 is 77.5 Å². The van der Waals surface area contributed by atoms with Gasteiger partial charge in [0.1, 0.15) is 0 Å². The third-order valence-corrected chi connectivity index (χ3v) is 11.9. The molecule has 0 saturated heterocycles. The van der Waals surface area contributed by atoms with Crippen molar-refractivity contribution < 1.29 is 18.5 Å². The molecule has 3 aromatic carbocycles. The molecule has 3 aromatic rings. The van der Waals surface area contributed by atoms with Crippen LogP contribution < -0.4 is 4.89 Å². The zero-order valence-electron chi connectivity index (χ0n) is 21.2. The van der Waals surface area contributed by atoms with E-state index in [1.165, 1.54) is 31.4 Å². The Labute approximate surface area is 262 Å². The van der Waals surface area contributed by atoms with Crippen molar-refractivity contribution in [2.24, 2.45) is 0 Å². The highest BCUT2D eigenvalue weighted by Crippen LogP contribution is 2.40. The number of benzene rings is 3. The van der Waals surface area contributed by atoms with Gasteiger partial charge in [-0.1, -0.05) is 53.1 Å². The second-order valence-electron chi connectivity index (χ2n) is 8.86. The molecule has 0 aromatic heterocycles. The number of alkyl halides is 6. The molecule has 214 valence electrons. The molecule has 0 heterocycles. The molecule has 0 radical (unpaired) electrons. The van der Waals surface area contributed by atoms with E-state index >= 15 is 0 Å². The standard InChI is InChI=1S/C21H21S.C6H6Cl6.FH2O3P/c1-16-4-10-19(11-5-16)22(20-12-6-17(2)7-13-20)21-14-8-18(3)9-15-21;7-1-2(8)4(10)6(12)5(11)3(1)9;1-5(2,3)4/h4-15H,1-3H3;1-6H;(H2,2,3,4)/q+1;;/p-1. The van der Waals surface area contributed by atoms with Crippen molar-refractivity contribution in [2.45, 2.75) is 67.7 Å². The highest BCUT2D eigenvalue weighted by molar-refractivity contribution is 7.97. The Kier molecular flexibility index (Phi) is 14.3. The van der Waals surface area contributed by atoms with Crippen LogP contribution in [0.3, 0.4) is 0 Å². The van der Waals surface area contributed by atoms with Crippen LogP contribution in [0, 0.1) is 20.8 Å². The second-order valence-corrected chi connectivity index (χ2v) is 14.8. The summed E-state index contributed by atoms with van der Waals surface area (Å²) in [6.45, 7) is 6.42. The van der Waals surface area contributed by atoms with E-state index < -0.39 is 40.2 Å². The van der Waals surface area contributed by atoms with Crippen LogP contribution in [0.5, 0.6) is 0 Å². The van der Waals surface area contributed by atoms with Crippen molar-refractivity contribution in [3.8, 4) is 0 Å². The van der Waals surface area contributed by atoms with Gasteiger partial charge in [0.25, 0.3) is 0 Å². The highest BCUT2D eigenvalue weighted by atomic mass is 35.5. The predicted molar refractivity (Wildman–Crippen MR) is 164 cm³/mol. The number of aryl methyl sites for hydroxylation is 3. The van der Waals surface area contributed by atoms with Gasteiger partial charge in [0.2, 0.25) is 0 Å². The van der Waals surface area contributed by atoms with E-state index in [9.17, 15) is 4.20 Å². The zero-order valence-corrected chi connectivity index (χ0v) is 27.4. The zero-order chi connectivity index (χ0) is 29.5. The summed E-state index contributed by atoms with van der Waals surface area (Å²) in [6.07, 6.45) is 0. The Morgan fingerprint density at radius 3 is 0.897 bits per heavy atom. The van der Waals surface area contributed by atoms with E-state index in [4.69, 9.17) is 84.0 Å². The van der Waals surface area contributed by atoms with Crippen molar-refractivity contribution in [1.29, 1.82) is 0 Å². The van der Waals surface area contributed by atoms with Gasteiger partial charge in [-0.2, -0.15) is 4.20 Å². The van der Waals surface area contributed by atoms with Gasteiger partial charge in [0.15, 0.2) is 14.7 Å². The summed E-state index contributed by atoms with van der Waals surface area (Å²) in [5.74, 6) is 0. The fourth-order valence-electron chi connectivity index (χ4n) is 3.49. The average Bonchev–Trinajstić information content (AvgIpc) is 2.88. The number of rotatable bonds is 3. The molecule has 1 N–H and O–H groups in total. The molecule has 12 heteroatoms. The monoisotopic (exact) mass is 692 g/mol. The maximum atomic E-state index is 10.2. The highest BCUT2D eigenvalue weighted by Gasteiger charge is 2.46. The Balaban J connectivity index is 0.000000263. The van der Waals surface area contributed by atoms with Crippen LogP contribution in [0.15, 0.2) is 87.5 Å². The molecule has 0 bridgehead atoms. The molecule has 0 aliphatic heterocycles. The first kappa shape index (κ1) is 35.0. The lowest BCUT2D eigenvalue weighted by Gasteiger charge is -2.37. The van der Waals surface area contributed by atoms with Gasteiger partial charge in [0.05, 0.1) is 43.2 Å².